The van der Waals surface area contributed by atoms with Crippen LogP contribution in [0.4, 0.5) is 35.1 Å². The lowest BCUT2D eigenvalue weighted by Crippen LogP contribution is -2.35. The molecule has 1 aliphatic heterocycles. The largest absolute Gasteiger partial charge is 0.494 e. The summed E-state index contributed by atoms with van der Waals surface area (Å²) < 4.78 is 128. The van der Waals surface area contributed by atoms with Crippen LogP contribution in [0, 0.1) is 17.0 Å². The number of pyridine rings is 1. The molecule has 51 heavy (non-hydrogen) atoms. The van der Waals surface area contributed by atoms with Gasteiger partial charge >= 0.3 is 12.4 Å². The molecule has 3 aromatic heterocycles. The summed E-state index contributed by atoms with van der Waals surface area (Å²) in [4.78, 5) is 20.6. The van der Waals surface area contributed by atoms with E-state index < -0.39 is 45.9 Å². The van der Waals surface area contributed by atoms with E-state index in [2.05, 4.69) is 15.1 Å². The molecular weight excluding hydrogens is 714 g/mol. The zero-order chi connectivity index (χ0) is 37.0. The van der Waals surface area contributed by atoms with Gasteiger partial charge in [0.1, 0.15) is 11.3 Å². The van der Waals surface area contributed by atoms with Crippen molar-refractivity contribution in [3.05, 3.63) is 70.5 Å². The molecule has 5 aromatic rings. The van der Waals surface area contributed by atoms with Crippen LogP contribution < -0.4 is 14.2 Å². The molecule has 4 heterocycles. The highest BCUT2D eigenvalue weighted by atomic mass is 32.1. The third-order valence-corrected chi connectivity index (χ3v) is 9.37. The first-order valence-electron chi connectivity index (χ1n) is 15.2. The van der Waals surface area contributed by atoms with Crippen LogP contribution in [0.2, 0.25) is 0 Å². The van der Waals surface area contributed by atoms with Gasteiger partial charge in [-0.05, 0) is 63.1 Å². The molecule has 0 radical (unpaired) electrons. The summed E-state index contributed by atoms with van der Waals surface area (Å²) in [7, 11) is 2.55. The number of methoxy groups -OCH3 is 2. The van der Waals surface area contributed by atoms with Crippen LogP contribution in [0.15, 0.2) is 47.7 Å². The standard InChI is InChI=1S/C33H27F8N5O4S/c1-31(2)27(17-8-11-20(48-3)25-26(17)51-29(43-25)33(39,40)41)44-46(30(31)47)13-5-6-14-50-19-10-7-16(23(34)24(19)35)18-9-12-21(49-4)28-42-22(15-45(18)28)32(36,37)38/h7-12,15H,5-6,13-14H2,1-4H3. The van der Waals surface area contributed by atoms with Crippen LogP contribution in [0.25, 0.3) is 27.1 Å². The number of unbranched alkanes of at least 4 members (excludes halogenated alkanes) is 1. The summed E-state index contributed by atoms with van der Waals surface area (Å²) in [6, 6.07) is 7.88. The van der Waals surface area contributed by atoms with Crippen LogP contribution >= 0.6 is 11.3 Å². The van der Waals surface area contributed by atoms with Gasteiger partial charge in [0.15, 0.2) is 33.7 Å². The number of rotatable bonds is 10. The smallest absolute Gasteiger partial charge is 0.443 e. The zero-order valence-corrected chi connectivity index (χ0v) is 28.0. The number of hydrogen-bond donors (Lipinski definition) is 0. The van der Waals surface area contributed by atoms with Gasteiger partial charge in [-0.2, -0.15) is 35.8 Å². The number of carbonyl (C=O) groups excluding carboxylic acids is 1. The average Bonchev–Trinajstić information content (AvgIpc) is 3.78. The Hall–Kier alpha value is -5.00. The first-order chi connectivity index (χ1) is 24.0. The molecule has 1 amide bonds. The molecular formula is C33H27F8N5O4S. The molecule has 0 aliphatic carbocycles. The molecule has 0 fully saturated rings. The summed E-state index contributed by atoms with van der Waals surface area (Å²) in [6.07, 6.45) is -8.24. The van der Waals surface area contributed by atoms with E-state index in [1.165, 1.54) is 49.6 Å². The van der Waals surface area contributed by atoms with Crippen molar-refractivity contribution >= 4 is 38.8 Å². The second-order valence-corrected chi connectivity index (χ2v) is 12.9. The van der Waals surface area contributed by atoms with Crippen molar-refractivity contribution in [2.75, 3.05) is 27.4 Å². The minimum atomic E-state index is -4.79. The van der Waals surface area contributed by atoms with Crippen LogP contribution in [0.3, 0.4) is 0 Å². The number of thiazole rings is 1. The predicted octanol–water partition coefficient (Wildman–Crippen LogP) is 8.38. The SMILES string of the molecule is COc1ccc(C2=NN(CCCCOc3ccc(-c4ccc(OC)c5nc(C(F)(F)F)cn45)c(F)c3F)C(=O)C2(C)C)c2sc(C(F)(F)F)nc12. The van der Waals surface area contributed by atoms with Gasteiger partial charge in [-0.15, -0.1) is 11.3 Å². The van der Waals surface area contributed by atoms with Crippen LogP contribution in [-0.4, -0.2) is 58.4 Å². The Balaban J connectivity index is 1.15. The fourth-order valence-corrected chi connectivity index (χ4v) is 6.63. The Morgan fingerprint density at radius 2 is 1.49 bits per heavy atom. The van der Waals surface area contributed by atoms with Gasteiger partial charge in [-0.3, -0.25) is 9.20 Å². The third kappa shape index (κ3) is 6.40. The Kier molecular flexibility index (Phi) is 9.10. The van der Waals surface area contributed by atoms with E-state index >= 15 is 8.78 Å². The lowest BCUT2D eigenvalue weighted by Gasteiger charge is -2.20. The highest BCUT2D eigenvalue weighted by molar-refractivity contribution is 7.19. The second kappa shape index (κ2) is 13.0. The van der Waals surface area contributed by atoms with E-state index in [1.54, 1.807) is 13.8 Å². The lowest BCUT2D eigenvalue weighted by atomic mass is 9.83. The van der Waals surface area contributed by atoms with Gasteiger partial charge in [-0.1, -0.05) is 0 Å². The maximum atomic E-state index is 15.3. The normalized spacial score (nSPS) is 14.9. The van der Waals surface area contributed by atoms with Gasteiger partial charge in [-0.25, -0.2) is 19.4 Å². The van der Waals surface area contributed by atoms with Crippen LogP contribution in [-0.2, 0) is 17.1 Å². The number of nitrogens with zero attached hydrogens (tertiary/aromatic N) is 5. The second-order valence-electron chi connectivity index (χ2n) is 11.9. The minimum absolute atomic E-state index is 0.000166. The average molecular weight is 742 g/mol. The molecule has 0 N–H and O–H groups in total. The van der Waals surface area contributed by atoms with Gasteiger partial charge in [0.2, 0.25) is 5.82 Å². The number of hydrazone groups is 1. The molecule has 0 saturated carbocycles. The molecule has 0 bridgehead atoms. The number of ether oxygens (including phenoxy) is 3. The quantitative estimate of drug-likeness (QED) is 0.106. The maximum Gasteiger partial charge on any atom is 0.443 e. The van der Waals surface area contributed by atoms with Crippen molar-refractivity contribution in [3.63, 3.8) is 0 Å². The van der Waals surface area contributed by atoms with E-state index in [-0.39, 0.29) is 69.8 Å². The van der Waals surface area contributed by atoms with Crippen molar-refractivity contribution in [2.24, 2.45) is 10.5 Å². The summed E-state index contributed by atoms with van der Waals surface area (Å²) >= 11 is 0.427. The van der Waals surface area contributed by atoms with Crippen molar-refractivity contribution < 1.29 is 54.1 Å². The van der Waals surface area contributed by atoms with Gasteiger partial charge in [0, 0.05) is 23.9 Å². The van der Waals surface area contributed by atoms with Crippen molar-refractivity contribution in [1.29, 1.82) is 0 Å². The molecule has 18 heteroatoms. The topological polar surface area (TPSA) is 90.5 Å². The summed E-state index contributed by atoms with van der Waals surface area (Å²) in [5.74, 6) is -3.41. The Labute approximate surface area is 288 Å². The van der Waals surface area contributed by atoms with Crippen molar-refractivity contribution in [1.82, 2.24) is 19.4 Å². The van der Waals surface area contributed by atoms with Crippen LogP contribution in [0.5, 0.6) is 17.2 Å². The van der Waals surface area contributed by atoms with Crippen LogP contribution in [0.1, 0.15) is 43.0 Å². The number of hydrogen-bond acceptors (Lipinski definition) is 8. The number of carbonyl (C=O) groups is 1. The minimum Gasteiger partial charge on any atom is -0.494 e. The van der Waals surface area contributed by atoms with E-state index in [0.717, 1.165) is 10.5 Å². The molecule has 6 rings (SSSR count). The fraction of sp³-hybridized carbons (Fsp3) is 0.333. The molecule has 0 saturated heterocycles. The monoisotopic (exact) mass is 741 g/mol. The Bertz CT molecular complexity index is 2190. The van der Waals surface area contributed by atoms with Crippen molar-refractivity contribution in [3.8, 4) is 28.5 Å². The van der Waals surface area contributed by atoms with Crippen molar-refractivity contribution in [2.45, 2.75) is 39.0 Å². The maximum absolute atomic E-state index is 15.3. The number of fused-ring (bicyclic) bond motifs is 2. The molecule has 270 valence electrons. The number of halogens is 8. The molecule has 2 aromatic carbocycles. The number of imidazole rings is 1. The number of benzene rings is 2. The van der Waals surface area contributed by atoms with E-state index in [4.69, 9.17) is 14.2 Å². The zero-order valence-electron chi connectivity index (χ0n) is 27.2. The number of alkyl halides is 6. The van der Waals surface area contributed by atoms with Gasteiger partial charge < -0.3 is 14.2 Å². The Morgan fingerprint density at radius 1 is 0.824 bits per heavy atom. The first kappa shape index (κ1) is 35.8. The summed E-state index contributed by atoms with van der Waals surface area (Å²) in [5, 5.41) is 4.61. The highest BCUT2D eigenvalue weighted by Crippen LogP contribution is 2.43. The fourth-order valence-electron chi connectivity index (χ4n) is 5.66. The predicted molar refractivity (Wildman–Crippen MR) is 170 cm³/mol. The molecule has 9 nitrogen and oxygen atoms in total. The van der Waals surface area contributed by atoms with Gasteiger partial charge in [0.05, 0.1) is 42.3 Å². The molecule has 1 aliphatic rings. The van der Waals surface area contributed by atoms with E-state index in [0.29, 0.717) is 29.5 Å². The molecule has 0 atom stereocenters. The lowest BCUT2D eigenvalue weighted by molar-refractivity contribution is -0.141. The summed E-state index contributed by atoms with van der Waals surface area (Å²) in [5.41, 5.74) is -2.56. The number of amides is 1. The highest BCUT2D eigenvalue weighted by Gasteiger charge is 2.45. The number of aromatic nitrogens is 3. The summed E-state index contributed by atoms with van der Waals surface area (Å²) in [6.45, 7) is 3.22. The third-order valence-electron chi connectivity index (χ3n) is 8.24. The van der Waals surface area contributed by atoms with E-state index in [1.807, 2.05) is 0 Å². The molecule has 0 unspecified atom stereocenters. The van der Waals surface area contributed by atoms with E-state index in [9.17, 15) is 31.1 Å². The van der Waals surface area contributed by atoms with Gasteiger partial charge in [0.25, 0.3) is 5.91 Å². The molecule has 0 spiro atoms. The first-order valence-corrected chi connectivity index (χ1v) is 16.0. The Morgan fingerprint density at radius 3 is 2.16 bits per heavy atom.